The van der Waals surface area contributed by atoms with Crippen molar-refractivity contribution in [1.29, 1.82) is 0 Å². The lowest BCUT2D eigenvalue weighted by atomic mass is 9.93. The zero-order valence-corrected chi connectivity index (χ0v) is 15.7. The quantitative estimate of drug-likeness (QED) is 0.746. The van der Waals surface area contributed by atoms with Gasteiger partial charge in [-0.1, -0.05) is 18.2 Å². The van der Waals surface area contributed by atoms with E-state index in [4.69, 9.17) is 4.42 Å². The van der Waals surface area contributed by atoms with Crippen LogP contribution in [0.3, 0.4) is 0 Å². The van der Waals surface area contributed by atoms with Gasteiger partial charge in [0.05, 0.1) is 6.26 Å². The van der Waals surface area contributed by atoms with Gasteiger partial charge >= 0.3 is 0 Å². The lowest BCUT2D eigenvalue weighted by Crippen LogP contribution is -2.45. The summed E-state index contributed by atoms with van der Waals surface area (Å²) in [6.07, 6.45) is 3.80. The minimum Gasteiger partial charge on any atom is -0.459 e. The Bertz CT molecular complexity index is 1010. The van der Waals surface area contributed by atoms with E-state index in [1.54, 1.807) is 17.0 Å². The van der Waals surface area contributed by atoms with E-state index in [-0.39, 0.29) is 17.7 Å². The van der Waals surface area contributed by atoms with Crippen molar-refractivity contribution in [3.05, 3.63) is 59.7 Å². The van der Waals surface area contributed by atoms with Crippen LogP contribution in [0.15, 0.2) is 47.1 Å². The van der Waals surface area contributed by atoms with E-state index in [1.807, 2.05) is 17.0 Å². The molecule has 4 heterocycles. The second kappa shape index (κ2) is 6.86. The third-order valence-electron chi connectivity index (χ3n) is 6.06. The number of likely N-dealkylation sites (tertiary alicyclic amines) is 1. The Hall–Kier alpha value is -3.02. The van der Waals surface area contributed by atoms with E-state index in [2.05, 4.69) is 17.1 Å². The first-order valence-corrected chi connectivity index (χ1v) is 9.91. The SMILES string of the molecule is O=C(c1ccco1)N1CCC(C(=O)N2CCc3[nH]c4ccccc4c3C2)CC1. The number of aromatic amines is 1. The number of nitrogens with zero attached hydrogens (tertiary/aromatic N) is 2. The molecule has 1 saturated heterocycles. The van der Waals surface area contributed by atoms with Crippen molar-refractivity contribution in [1.82, 2.24) is 14.8 Å². The third kappa shape index (κ3) is 2.89. The molecule has 2 amide bonds. The molecular formula is C22H23N3O3. The van der Waals surface area contributed by atoms with Gasteiger partial charge in [-0.2, -0.15) is 0 Å². The van der Waals surface area contributed by atoms with Crippen molar-refractivity contribution < 1.29 is 14.0 Å². The molecule has 3 aromatic rings. The molecule has 6 nitrogen and oxygen atoms in total. The molecule has 0 bridgehead atoms. The summed E-state index contributed by atoms with van der Waals surface area (Å²) in [6, 6.07) is 11.7. The molecule has 0 radical (unpaired) electrons. The van der Waals surface area contributed by atoms with Gasteiger partial charge in [-0.3, -0.25) is 9.59 Å². The highest BCUT2D eigenvalue weighted by Gasteiger charge is 2.33. The van der Waals surface area contributed by atoms with Crippen LogP contribution < -0.4 is 0 Å². The minimum atomic E-state index is -0.0858. The molecule has 1 N–H and O–H groups in total. The predicted octanol–water partition coefficient (Wildman–Crippen LogP) is 3.20. The Labute approximate surface area is 163 Å². The maximum absolute atomic E-state index is 13.1. The van der Waals surface area contributed by atoms with Crippen LogP contribution in [0.4, 0.5) is 0 Å². The number of nitrogens with one attached hydrogen (secondary N) is 1. The largest absolute Gasteiger partial charge is 0.459 e. The first-order valence-electron chi connectivity index (χ1n) is 9.91. The minimum absolute atomic E-state index is 0.00703. The summed E-state index contributed by atoms with van der Waals surface area (Å²) in [5, 5.41) is 1.22. The van der Waals surface area contributed by atoms with Crippen molar-refractivity contribution in [2.24, 2.45) is 5.92 Å². The Kier molecular flexibility index (Phi) is 4.19. The Balaban J connectivity index is 1.25. The summed E-state index contributed by atoms with van der Waals surface area (Å²) < 4.78 is 5.21. The Morgan fingerprint density at radius 1 is 1.00 bits per heavy atom. The summed E-state index contributed by atoms with van der Waals surface area (Å²) >= 11 is 0. The number of benzene rings is 1. The zero-order chi connectivity index (χ0) is 19.1. The highest BCUT2D eigenvalue weighted by atomic mass is 16.3. The highest BCUT2D eigenvalue weighted by Crippen LogP contribution is 2.29. The highest BCUT2D eigenvalue weighted by molar-refractivity contribution is 5.91. The fourth-order valence-corrected chi connectivity index (χ4v) is 4.50. The normalized spacial score (nSPS) is 17.7. The van der Waals surface area contributed by atoms with Crippen molar-refractivity contribution in [2.75, 3.05) is 19.6 Å². The molecule has 144 valence electrons. The zero-order valence-electron chi connectivity index (χ0n) is 15.7. The monoisotopic (exact) mass is 377 g/mol. The Morgan fingerprint density at radius 2 is 1.82 bits per heavy atom. The van der Waals surface area contributed by atoms with E-state index >= 15 is 0 Å². The van der Waals surface area contributed by atoms with Gasteiger partial charge in [-0.25, -0.2) is 0 Å². The van der Waals surface area contributed by atoms with Crippen molar-refractivity contribution in [3.63, 3.8) is 0 Å². The lowest BCUT2D eigenvalue weighted by Gasteiger charge is -2.35. The van der Waals surface area contributed by atoms with Gasteiger partial charge in [0, 0.05) is 60.7 Å². The van der Waals surface area contributed by atoms with Crippen molar-refractivity contribution in [3.8, 4) is 0 Å². The molecule has 2 aliphatic heterocycles. The molecule has 0 aliphatic carbocycles. The van der Waals surface area contributed by atoms with Crippen LogP contribution in [0.2, 0.25) is 0 Å². The van der Waals surface area contributed by atoms with E-state index < -0.39 is 0 Å². The number of furan rings is 1. The Morgan fingerprint density at radius 3 is 2.61 bits per heavy atom. The van der Waals surface area contributed by atoms with Gasteiger partial charge in [0.1, 0.15) is 0 Å². The summed E-state index contributed by atoms with van der Waals surface area (Å²) in [4.78, 5) is 32.8. The molecular weight excluding hydrogens is 354 g/mol. The summed E-state index contributed by atoms with van der Waals surface area (Å²) in [5.74, 6) is 0.499. The summed E-state index contributed by atoms with van der Waals surface area (Å²) in [7, 11) is 0. The molecule has 1 fully saturated rings. The molecule has 2 aromatic heterocycles. The van der Waals surface area contributed by atoms with Gasteiger partial charge in [0.15, 0.2) is 5.76 Å². The topological polar surface area (TPSA) is 69.6 Å². The summed E-state index contributed by atoms with van der Waals surface area (Å²) in [5.41, 5.74) is 3.65. The molecule has 0 atom stereocenters. The molecule has 0 saturated carbocycles. The molecule has 6 heteroatoms. The molecule has 0 spiro atoms. The average molecular weight is 377 g/mol. The lowest BCUT2D eigenvalue weighted by molar-refractivity contribution is -0.137. The fraction of sp³-hybridized carbons (Fsp3) is 0.364. The van der Waals surface area contributed by atoms with E-state index in [1.165, 1.54) is 22.9 Å². The van der Waals surface area contributed by atoms with Crippen LogP contribution in [-0.4, -0.2) is 46.2 Å². The van der Waals surface area contributed by atoms with E-state index in [9.17, 15) is 9.59 Å². The number of carbonyl (C=O) groups is 2. The maximum atomic E-state index is 13.1. The van der Waals surface area contributed by atoms with Crippen LogP contribution in [0.1, 0.15) is 34.7 Å². The third-order valence-corrected chi connectivity index (χ3v) is 6.06. The smallest absolute Gasteiger partial charge is 0.289 e. The molecule has 1 aromatic carbocycles. The van der Waals surface area contributed by atoms with Crippen LogP contribution in [0, 0.1) is 5.92 Å². The number of H-pyrrole nitrogens is 1. The van der Waals surface area contributed by atoms with Gasteiger partial charge < -0.3 is 19.2 Å². The van der Waals surface area contributed by atoms with Gasteiger partial charge in [0.2, 0.25) is 5.91 Å². The van der Waals surface area contributed by atoms with Crippen LogP contribution in [0.5, 0.6) is 0 Å². The van der Waals surface area contributed by atoms with Crippen LogP contribution >= 0.6 is 0 Å². The maximum Gasteiger partial charge on any atom is 0.289 e. The van der Waals surface area contributed by atoms with Gasteiger partial charge in [-0.15, -0.1) is 0 Å². The molecule has 0 unspecified atom stereocenters. The standard InChI is InChI=1S/C22H23N3O3/c26-21(15-7-10-24(11-8-15)22(27)20-6-3-13-28-20)25-12-9-19-17(14-25)16-4-1-2-5-18(16)23-19/h1-6,13,15,23H,7-12,14H2. The predicted molar refractivity (Wildman–Crippen MR) is 105 cm³/mol. The second-order valence-electron chi connectivity index (χ2n) is 7.68. The second-order valence-corrected chi connectivity index (χ2v) is 7.68. The summed E-state index contributed by atoms with van der Waals surface area (Å²) in [6.45, 7) is 2.62. The number of amides is 2. The number of aromatic nitrogens is 1. The first-order chi connectivity index (χ1) is 13.7. The average Bonchev–Trinajstić information content (AvgIpc) is 3.40. The fourth-order valence-electron chi connectivity index (χ4n) is 4.50. The number of piperidine rings is 1. The first kappa shape index (κ1) is 17.1. The van der Waals surface area contributed by atoms with Gasteiger partial charge in [0.25, 0.3) is 5.91 Å². The van der Waals surface area contributed by atoms with E-state index in [0.29, 0.717) is 38.2 Å². The van der Waals surface area contributed by atoms with Gasteiger partial charge in [-0.05, 0) is 31.0 Å². The number of hydrogen-bond donors (Lipinski definition) is 1. The van der Waals surface area contributed by atoms with Crippen molar-refractivity contribution in [2.45, 2.75) is 25.8 Å². The number of para-hydroxylation sites is 1. The number of carbonyl (C=O) groups excluding carboxylic acids is 2. The molecule has 2 aliphatic rings. The molecule has 28 heavy (non-hydrogen) atoms. The molecule has 5 rings (SSSR count). The number of fused-ring (bicyclic) bond motifs is 3. The number of rotatable bonds is 2. The van der Waals surface area contributed by atoms with Crippen LogP contribution in [-0.2, 0) is 17.8 Å². The van der Waals surface area contributed by atoms with Crippen molar-refractivity contribution >= 4 is 22.7 Å². The van der Waals surface area contributed by atoms with E-state index in [0.717, 1.165) is 18.5 Å². The van der Waals surface area contributed by atoms with Crippen LogP contribution in [0.25, 0.3) is 10.9 Å². The number of hydrogen-bond acceptors (Lipinski definition) is 3.